The molecular weight excluding hydrogens is 281 g/mol. The molecule has 0 spiro atoms. The van der Waals surface area contributed by atoms with Crippen molar-refractivity contribution in [2.24, 2.45) is 0 Å². The lowest BCUT2D eigenvalue weighted by molar-refractivity contribution is -0.383. The molecule has 0 saturated carbocycles. The van der Waals surface area contributed by atoms with Crippen LogP contribution in [0.2, 0.25) is 0 Å². The van der Waals surface area contributed by atoms with Gasteiger partial charge in [-0.1, -0.05) is 36.4 Å². The molecule has 0 aromatic heterocycles. The zero-order chi connectivity index (χ0) is 15.7. The maximum absolute atomic E-state index is 10.9. The Morgan fingerprint density at radius 3 is 2.18 bits per heavy atom. The summed E-state index contributed by atoms with van der Waals surface area (Å²) in [4.78, 5) is 10.3. The molecule has 22 heavy (non-hydrogen) atoms. The molecule has 0 atom stereocenters. The molecule has 0 amide bonds. The summed E-state index contributed by atoms with van der Waals surface area (Å²) >= 11 is 0. The first kappa shape index (κ1) is 14.3. The average Bonchev–Trinajstić information content (AvgIpc) is 2.53. The Balaban J connectivity index is 2.14. The number of benzene rings is 3. The van der Waals surface area contributed by atoms with Gasteiger partial charge in [-0.15, -0.1) is 0 Å². The molecule has 0 radical (unpaired) electrons. The number of nitrogens with zero attached hydrogens (tertiary/aromatic N) is 1. The van der Waals surface area contributed by atoms with Gasteiger partial charge in [0.15, 0.2) is 0 Å². The summed E-state index contributed by atoms with van der Waals surface area (Å²) in [5.41, 5.74) is 1.13. The topological polar surface area (TPSA) is 83.6 Å². The van der Waals surface area contributed by atoms with Crippen molar-refractivity contribution in [3.63, 3.8) is 0 Å². The zero-order valence-electron chi connectivity index (χ0n) is 11.5. The van der Waals surface area contributed by atoms with Crippen molar-refractivity contribution in [1.29, 1.82) is 0 Å². The maximum atomic E-state index is 10.9. The third-order valence-corrected chi connectivity index (χ3v) is 3.59. The van der Waals surface area contributed by atoms with Crippen LogP contribution in [0.15, 0.2) is 60.7 Å². The molecule has 108 valence electrons. The Bertz CT molecular complexity index is 864. The quantitative estimate of drug-likeness (QED) is 0.440. The molecule has 0 saturated heterocycles. The molecule has 5 nitrogen and oxygen atoms in total. The molecule has 2 N–H and O–H groups in total. The second kappa shape index (κ2) is 5.59. The lowest BCUT2D eigenvalue weighted by atomic mass is 9.77. The summed E-state index contributed by atoms with van der Waals surface area (Å²) in [7, 11) is -1.89. The van der Waals surface area contributed by atoms with Crippen LogP contribution >= 0.6 is 0 Å². The van der Waals surface area contributed by atoms with Crippen LogP contribution in [0.1, 0.15) is 0 Å². The molecule has 0 aliphatic carbocycles. The van der Waals surface area contributed by atoms with Gasteiger partial charge >= 0.3 is 7.12 Å². The first-order valence-electron chi connectivity index (χ1n) is 6.70. The van der Waals surface area contributed by atoms with E-state index in [2.05, 4.69) is 0 Å². The Hall–Kier alpha value is -2.70. The second-order valence-corrected chi connectivity index (χ2v) is 4.97. The van der Waals surface area contributed by atoms with Crippen molar-refractivity contribution >= 4 is 29.0 Å². The van der Waals surface area contributed by atoms with Crippen LogP contribution in [0.3, 0.4) is 0 Å². The molecule has 0 bridgehead atoms. The third-order valence-electron chi connectivity index (χ3n) is 3.59. The van der Waals surface area contributed by atoms with E-state index < -0.39 is 12.0 Å². The number of nitro groups is 1. The van der Waals surface area contributed by atoms with E-state index in [4.69, 9.17) is 0 Å². The van der Waals surface area contributed by atoms with E-state index in [-0.39, 0.29) is 11.2 Å². The van der Waals surface area contributed by atoms with Gasteiger partial charge in [0, 0.05) is 6.07 Å². The van der Waals surface area contributed by atoms with Crippen molar-refractivity contribution in [3.8, 4) is 11.1 Å². The molecular formula is C16H12BNO4. The van der Waals surface area contributed by atoms with E-state index in [1.54, 1.807) is 6.07 Å². The van der Waals surface area contributed by atoms with Gasteiger partial charge < -0.3 is 10.0 Å². The lowest BCUT2D eigenvalue weighted by Crippen LogP contribution is -2.32. The first-order valence-corrected chi connectivity index (χ1v) is 6.70. The lowest BCUT2D eigenvalue weighted by Gasteiger charge is -2.07. The molecule has 3 aromatic rings. The van der Waals surface area contributed by atoms with Crippen molar-refractivity contribution in [1.82, 2.24) is 0 Å². The third kappa shape index (κ3) is 2.57. The first-order chi connectivity index (χ1) is 10.6. The Kier molecular flexibility index (Phi) is 3.62. The van der Waals surface area contributed by atoms with Gasteiger partial charge in [0.05, 0.1) is 10.4 Å². The largest absolute Gasteiger partial charge is 0.495 e. The van der Waals surface area contributed by atoms with Crippen molar-refractivity contribution < 1.29 is 15.0 Å². The number of nitro benzene ring substituents is 1. The van der Waals surface area contributed by atoms with Crippen molar-refractivity contribution in [3.05, 3.63) is 70.8 Å². The smallest absolute Gasteiger partial charge is 0.423 e. The molecule has 0 aliphatic heterocycles. The van der Waals surface area contributed by atoms with E-state index in [9.17, 15) is 20.2 Å². The van der Waals surface area contributed by atoms with Gasteiger partial charge in [-0.3, -0.25) is 10.1 Å². The van der Waals surface area contributed by atoms with E-state index in [1.807, 2.05) is 42.5 Å². The predicted octanol–water partition coefficient (Wildman–Crippen LogP) is 2.09. The van der Waals surface area contributed by atoms with Crippen LogP contribution in [-0.4, -0.2) is 22.1 Å². The highest BCUT2D eigenvalue weighted by atomic mass is 16.6. The van der Waals surface area contributed by atoms with Crippen molar-refractivity contribution in [2.45, 2.75) is 0 Å². The summed E-state index contributed by atoms with van der Waals surface area (Å²) < 4.78 is 0. The molecule has 0 fully saturated rings. The van der Waals surface area contributed by atoms with Crippen LogP contribution in [0, 0.1) is 10.1 Å². The minimum absolute atomic E-state index is 0.115. The van der Waals surface area contributed by atoms with Gasteiger partial charge in [0.25, 0.3) is 5.69 Å². The van der Waals surface area contributed by atoms with Gasteiger partial charge in [0.1, 0.15) is 0 Å². The van der Waals surface area contributed by atoms with E-state index in [0.717, 1.165) is 16.3 Å². The summed E-state index contributed by atoms with van der Waals surface area (Å²) in [5, 5.41) is 31.8. The average molecular weight is 293 g/mol. The van der Waals surface area contributed by atoms with E-state index in [0.29, 0.717) is 5.56 Å². The molecule has 3 aromatic carbocycles. The highest BCUT2D eigenvalue weighted by Crippen LogP contribution is 2.25. The Morgan fingerprint density at radius 1 is 0.864 bits per heavy atom. The van der Waals surface area contributed by atoms with Crippen LogP contribution in [0.5, 0.6) is 0 Å². The van der Waals surface area contributed by atoms with Gasteiger partial charge in [-0.2, -0.15) is 0 Å². The van der Waals surface area contributed by atoms with Gasteiger partial charge in [-0.05, 0) is 40.1 Å². The number of rotatable bonds is 3. The molecule has 3 rings (SSSR count). The number of hydrogen-bond donors (Lipinski definition) is 2. The molecule has 0 aliphatic rings. The second-order valence-electron chi connectivity index (χ2n) is 4.97. The van der Waals surface area contributed by atoms with Gasteiger partial charge in [-0.25, -0.2) is 0 Å². The SMILES string of the molecule is O=[N+]([O-])c1ccc(-c2ccc3ccccc3c2)cc1B(O)O. The molecule has 0 unspecified atom stereocenters. The normalized spacial score (nSPS) is 10.6. The van der Waals surface area contributed by atoms with Crippen LogP contribution in [-0.2, 0) is 0 Å². The van der Waals surface area contributed by atoms with E-state index >= 15 is 0 Å². The fraction of sp³-hybridized carbons (Fsp3) is 0. The minimum atomic E-state index is -1.89. The van der Waals surface area contributed by atoms with Crippen molar-refractivity contribution in [2.75, 3.05) is 0 Å². The Labute approximate surface area is 126 Å². The number of hydrogen-bond acceptors (Lipinski definition) is 4. The maximum Gasteiger partial charge on any atom is 0.495 e. The fourth-order valence-corrected chi connectivity index (χ4v) is 2.48. The highest BCUT2D eigenvalue weighted by Gasteiger charge is 2.24. The summed E-state index contributed by atoms with van der Waals surface area (Å²) in [5.74, 6) is 0. The van der Waals surface area contributed by atoms with Crippen LogP contribution in [0.25, 0.3) is 21.9 Å². The van der Waals surface area contributed by atoms with Crippen LogP contribution < -0.4 is 5.46 Å². The van der Waals surface area contributed by atoms with E-state index in [1.165, 1.54) is 12.1 Å². The van der Waals surface area contributed by atoms with Gasteiger partial charge in [0.2, 0.25) is 0 Å². The minimum Gasteiger partial charge on any atom is -0.423 e. The molecule has 0 heterocycles. The monoisotopic (exact) mass is 293 g/mol. The zero-order valence-corrected chi connectivity index (χ0v) is 11.5. The fourth-order valence-electron chi connectivity index (χ4n) is 2.48. The Morgan fingerprint density at radius 2 is 1.50 bits per heavy atom. The summed E-state index contributed by atoms with van der Waals surface area (Å²) in [6.07, 6.45) is 0. The highest BCUT2D eigenvalue weighted by molar-refractivity contribution is 6.60. The summed E-state index contributed by atoms with van der Waals surface area (Å²) in [6.45, 7) is 0. The molecule has 6 heteroatoms. The van der Waals surface area contributed by atoms with Crippen LogP contribution in [0.4, 0.5) is 5.69 Å². The summed E-state index contributed by atoms with van der Waals surface area (Å²) in [6, 6.07) is 18.0. The predicted molar refractivity (Wildman–Crippen MR) is 85.9 cm³/mol. The number of fused-ring (bicyclic) bond motifs is 1. The standard InChI is InChI=1S/C16H12BNO4/c19-17(20)15-10-14(7-8-16(15)18(21)22)13-6-5-11-3-1-2-4-12(11)9-13/h1-10,19-20H.